The van der Waals surface area contributed by atoms with Gasteiger partial charge in [0.1, 0.15) is 5.15 Å². The lowest BCUT2D eigenvalue weighted by Crippen LogP contribution is -2.26. The molecule has 1 aromatic heterocycles. The third-order valence-electron chi connectivity index (χ3n) is 1.91. The van der Waals surface area contributed by atoms with Crippen LogP contribution >= 0.6 is 11.6 Å². The van der Waals surface area contributed by atoms with Gasteiger partial charge in [-0.25, -0.2) is 18.1 Å². The monoisotopic (exact) mass is 267 g/mol. The summed E-state index contributed by atoms with van der Waals surface area (Å²) in [6.07, 6.45) is 1.95. The first-order chi connectivity index (χ1) is 7.49. The second-order valence-electron chi connectivity index (χ2n) is 3.20. The summed E-state index contributed by atoms with van der Waals surface area (Å²) in [4.78, 5) is 3.74. The highest BCUT2D eigenvalue weighted by Crippen LogP contribution is 2.17. The van der Waals surface area contributed by atoms with Gasteiger partial charge >= 0.3 is 0 Å². The highest BCUT2D eigenvalue weighted by molar-refractivity contribution is 7.89. The van der Waals surface area contributed by atoms with Crippen molar-refractivity contribution in [1.82, 2.24) is 14.3 Å². The van der Waals surface area contributed by atoms with E-state index in [1.807, 2.05) is 0 Å². The third-order valence-corrected chi connectivity index (χ3v) is 3.86. The Kier molecular flexibility index (Phi) is 4.72. The Morgan fingerprint density at radius 1 is 1.62 bits per heavy atom. The van der Waals surface area contributed by atoms with Crippen LogP contribution in [0.3, 0.4) is 0 Å². The molecular formula is C8H14ClN3O3S. The van der Waals surface area contributed by atoms with Crippen molar-refractivity contribution in [2.45, 2.75) is 11.4 Å². The van der Waals surface area contributed by atoms with Gasteiger partial charge < -0.3 is 9.30 Å². The molecule has 0 unspecified atom stereocenters. The average molecular weight is 268 g/mol. The van der Waals surface area contributed by atoms with Crippen LogP contribution in [0.25, 0.3) is 0 Å². The quantitative estimate of drug-likeness (QED) is 0.757. The summed E-state index contributed by atoms with van der Waals surface area (Å²) < 4.78 is 32.1. The third kappa shape index (κ3) is 3.18. The minimum Gasteiger partial charge on any atom is -0.385 e. The highest BCUT2D eigenvalue weighted by Gasteiger charge is 2.21. The number of aromatic nitrogens is 2. The minimum atomic E-state index is -3.62. The van der Waals surface area contributed by atoms with E-state index >= 15 is 0 Å². The first kappa shape index (κ1) is 13.4. The lowest BCUT2D eigenvalue weighted by atomic mass is 10.5. The van der Waals surface area contributed by atoms with Gasteiger partial charge in [0, 0.05) is 27.3 Å². The van der Waals surface area contributed by atoms with Crippen molar-refractivity contribution in [1.29, 1.82) is 0 Å². The number of sulfonamides is 1. The standard InChI is InChI=1S/C8H14ClN3O3S/c1-12-6-10-8(7(12)9)16(13,14)11-4-3-5-15-2/h6,11H,3-5H2,1-2H3. The zero-order chi connectivity index (χ0) is 12.2. The van der Waals surface area contributed by atoms with Crippen LogP contribution in [0.2, 0.25) is 5.15 Å². The van der Waals surface area contributed by atoms with Crippen molar-refractivity contribution < 1.29 is 13.2 Å². The van der Waals surface area contributed by atoms with E-state index in [2.05, 4.69) is 9.71 Å². The number of methoxy groups -OCH3 is 1. The molecule has 0 bridgehead atoms. The van der Waals surface area contributed by atoms with Crippen molar-refractivity contribution in [2.75, 3.05) is 20.3 Å². The van der Waals surface area contributed by atoms with Crippen molar-refractivity contribution in [2.24, 2.45) is 7.05 Å². The van der Waals surface area contributed by atoms with Crippen LogP contribution in [-0.4, -0.2) is 38.2 Å². The molecule has 1 aromatic rings. The fourth-order valence-electron chi connectivity index (χ4n) is 1.07. The Morgan fingerprint density at radius 3 is 2.81 bits per heavy atom. The average Bonchev–Trinajstić information content (AvgIpc) is 2.55. The van der Waals surface area contributed by atoms with Gasteiger partial charge in [-0.15, -0.1) is 0 Å². The van der Waals surface area contributed by atoms with Crippen molar-refractivity contribution in [3.8, 4) is 0 Å². The molecule has 1 rings (SSSR count). The van der Waals surface area contributed by atoms with Gasteiger partial charge in [-0.2, -0.15) is 0 Å². The maximum Gasteiger partial charge on any atom is 0.261 e. The summed E-state index contributed by atoms with van der Waals surface area (Å²) in [5.74, 6) is 0. The van der Waals surface area contributed by atoms with Crippen LogP contribution in [0.15, 0.2) is 11.4 Å². The van der Waals surface area contributed by atoms with E-state index < -0.39 is 10.0 Å². The number of imidazole rings is 1. The maximum absolute atomic E-state index is 11.7. The lowest BCUT2D eigenvalue weighted by Gasteiger charge is -2.04. The Labute approximate surface area is 99.6 Å². The van der Waals surface area contributed by atoms with Crippen LogP contribution in [0.1, 0.15) is 6.42 Å². The molecule has 0 fully saturated rings. The molecule has 0 saturated heterocycles. The fraction of sp³-hybridized carbons (Fsp3) is 0.625. The van der Waals surface area contributed by atoms with E-state index in [1.165, 1.54) is 10.9 Å². The minimum absolute atomic E-state index is 0.0965. The topological polar surface area (TPSA) is 73.2 Å². The largest absolute Gasteiger partial charge is 0.385 e. The van der Waals surface area contributed by atoms with Crippen LogP contribution in [-0.2, 0) is 21.8 Å². The molecule has 1 heterocycles. The Hall–Kier alpha value is -0.630. The number of hydrogen-bond donors (Lipinski definition) is 1. The van der Waals surface area contributed by atoms with Crippen LogP contribution in [0, 0.1) is 0 Å². The van der Waals surface area contributed by atoms with Gasteiger partial charge in [0.25, 0.3) is 10.0 Å². The molecule has 8 heteroatoms. The van der Waals surface area contributed by atoms with Gasteiger partial charge in [0.2, 0.25) is 5.03 Å². The Morgan fingerprint density at radius 2 is 2.31 bits per heavy atom. The first-order valence-electron chi connectivity index (χ1n) is 4.64. The number of aryl methyl sites for hydroxylation is 1. The predicted molar refractivity (Wildman–Crippen MR) is 59.9 cm³/mol. The molecule has 16 heavy (non-hydrogen) atoms. The van der Waals surface area contributed by atoms with Gasteiger partial charge in [-0.1, -0.05) is 11.6 Å². The number of rotatable bonds is 6. The van der Waals surface area contributed by atoms with E-state index in [4.69, 9.17) is 16.3 Å². The SMILES string of the molecule is COCCCNS(=O)(=O)c1ncn(C)c1Cl. The van der Waals surface area contributed by atoms with Gasteiger partial charge in [-0.3, -0.25) is 0 Å². The van der Waals surface area contributed by atoms with Gasteiger partial charge in [-0.05, 0) is 6.42 Å². The normalized spacial score (nSPS) is 11.9. The molecule has 0 radical (unpaired) electrons. The second-order valence-corrected chi connectivity index (χ2v) is 5.24. The van der Waals surface area contributed by atoms with Crippen molar-refractivity contribution >= 4 is 21.6 Å². The molecule has 0 atom stereocenters. The molecule has 0 aromatic carbocycles. The summed E-state index contributed by atoms with van der Waals surface area (Å²) in [6.45, 7) is 0.793. The zero-order valence-corrected chi connectivity index (χ0v) is 10.7. The number of hydrogen-bond acceptors (Lipinski definition) is 4. The first-order valence-corrected chi connectivity index (χ1v) is 6.50. The Bertz CT molecular complexity index is 443. The molecule has 0 aliphatic heterocycles. The maximum atomic E-state index is 11.7. The Balaban J connectivity index is 2.68. The van der Waals surface area contributed by atoms with E-state index in [1.54, 1.807) is 14.2 Å². The van der Waals surface area contributed by atoms with Crippen LogP contribution in [0.4, 0.5) is 0 Å². The molecular weight excluding hydrogens is 254 g/mol. The summed E-state index contributed by atoms with van der Waals surface area (Å²) in [5, 5.41) is -0.0478. The predicted octanol–water partition coefficient (Wildman–Crippen LogP) is 0.388. The van der Waals surface area contributed by atoms with E-state index in [-0.39, 0.29) is 10.2 Å². The van der Waals surface area contributed by atoms with Crippen molar-refractivity contribution in [3.05, 3.63) is 11.5 Å². The summed E-state index contributed by atoms with van der Waals surface area (Å²) in [7, 11) is -0.436. The molecule has 92 valence electrons. The number of ether oxygens (including phenoxy) is 1. The van der Waals surface area contributed by atoms with Crippen molar-refractivity contribution in [3.63, 3.8) is 0 Å². The molecule has 0 spiro atoms. The molecule has 1 N–H and O–H groups in total. The summed E-state index contributed by atoms with van der Waals surface area (Å²) in [6, 6.07) is 0. The number of nitrogens with one attached hydrogen (secondary N) is 1. The molecule has 6 nitrogen and oxygen atoms in total. The zero-order valence-electron chi connectivity index (χ0n) is 9.10. The summed E-state index contributed by atoms with van der Waals surface area (Å²) in [5.41, 5.74) is 0. The smallest absolute Gasteiger partial charge is 0.261 e. The molecule has 0 aliphatic carbocycles. The van der Waals surface area contributed by atoms with E-state index in [9.17, 15) is 8.42 Å². The number of halogens is 1. The van der Waals surface area contributed by atoms with Crippen LogP contribution < -0.4 is 4.72 Å². The van der Waals surface area contributed by atoms with E-state index in [0.29, 0.717) is 19.6 Å². The van der Waals surface area contributed by atoms with E-state index in [0.717, 1.165) is 0 Å². The van der Waals surface area contributed by atoms with Gasteiger partial charge in [0.15, 0.2) is 0 Å². The van der Waals surface area contributed by atoms with Gasteiger partial charge in [0.05, 0.1) is 6.33 Å². The fourth-order valence-corrected chi connectivity index (χ4v) is 2.56. The molecule has 0 saturated carbocycles. The highest BCUT2D eigenvalue weighted by atomic mass is 35.5. The lowest BCUT2D eigenvalue weighted by molar-refractivity contribution is 0.196. The molecule has 0 aliphatic rings. The molecule has 0 amide bonds. The van der Waals surface area contributed by atoms with Crippen LogP contribution in [0.5, 0.6) is 0 Å². The second kappa shape index (κ2) is 5.62. The summed E-state index contributed by atoms with van der Waals surface area (Å²) >= 11 is 5.79. The number of nitrogens with zero attached hydrogens (tertiary/aromatic N) is 2.